The largest absolute Gasteiger partial charge is 0.454 e. The van der Waals surface area contributed by atoms with Gasteiger partial charge < -0.3 is 4.42 Å². The smallest absolute Gasteiger partial charge is 0.213 e. The number of rotatable bonds is 2. The van der Waals surface area contributed by atoms with Crippen LogP contribution in [0.5, 0.6) is 0 Å². The van der Waals surface area contributed by atoms with Crippen LogP contribution in [0.3, 0.4) is 0 Å². The zero-order valence-electron chi connectivity index (χ0n) is 10.3. The van der Waals surface area contributed by atoms with Crippen molar-refractivity contribution < 1.29 is 4.42 Å². The molecule has 4 rings (SSSR count). The third kappa shape index (κ3) is 1.97. The zero-order valence-corrected chi connectivity index (χ0v) is 13.6. The summed E-state index contributed by atoms with van der Waals surface area (Å²) < 4.78 is 9.68. The Morgan fingerprint density at radius 3 is 3.05 bits per heavy atom. The van der Waals surface area contributed by atoms with Gasteiger partial charge in [0.15, 0.2) is 10.1 Å². The molecule has 0 radical (unpaired) electrons. The third-order valence-corrected chi connectivity index (χ3v) is 5.32. The van der Waals surface area contributed by atoms with Crippen LogP contribution in [0.15, 0.2) is 43.7 Å². The second kappa shape index (κ2) is 4.61. The Labute approximate surface area is 130 Å². The van der Waals surface area contributed by atoms with Crippen molar-refractivity contribution in [1.29, 1.82) is 0 Å². The van der Waals surface area contributed by atoms with Gasteiger partial charge in [-0.15, -0.1) is 5.10 Å². The van der Waals surface area contributed by atoms with Gasteiger partial charge in [0.05, 0.1) is 6.20 Å². The molecule has 0 fully saturated rings. The summed E-state index contributed by atoms with van der Waals surface area (Å²) in [6, 6.07) is 7.95. The summed E-state index contributed by atoms with van der Waals surface area (Å²) in [5, 5.41) is 5.49. The molecule has 100 valence electrons. The van der Waals surface area contributed by atoms with E-state index in [4.69, 9.17) is 4.42 Å². The number of nitrogens with zero attached hydrogens (tertiary/aromatic N) is 3. The average molecular weight is 366 g/mol. The molecule has 20 heavy (non-hydrogen) atoms. The van der Waals surface area contributed by atoms with Crippen LogP contribution in [0.4, 0.5) is 0 Å². The van der Waals surface area contributed by atoms with Gasteiger partial charge >= 0.3 is 0 Å². The Morgan fingerprint density at radius 1 is 1.35 bits per heavy atom. The summed E-state index contributed by atoms with van der Waals surface area (Å²) in [5.74, 6) is 0.765. The van der Waals surface area contributed by atoms with E-state index in [0.717, 1.165) is 36.2 Å². The minimum atomic E-state index is 0.765. The minimum absolute atomic E-state index is 0.765. The summed E-state index contributed by atoms with van der Waals surface area (Å²) in [6.45, 7) is 0. The number of hydrogen-bond acceptors (Lipinski definition) is 5. The van der Waals surface area contributed by atoms with Crippen LogP contribution in [0.1, 0.15) is 0 Å². The molecule has 0 spiro atoms. The predicted octanol–water partition coefficient (Wildman–Crippen LogP) is 4.69. The lowest BCUT2D eigenvalue weighted by molar-refractivity contribution is 0.629. The molecule has 4 aromatic rings. The van der Waals surface area contributed by atoms with Crippen molar-refractivity contribution in [2.45, 2.75) is 4.34 Å². The third-order valence-electron chi connectivity index (χ3n) is 2.93. The van der Waals surface area contributed by atoms with Crippen LogP contribution >= 0.6 is 39.0 Å². The maximum Gasteiger partial charge on any atom is 0.213 e. The van der Waals surface area contributed by atoms with E-state index in [9.17, 15) is 0 Å². The van der Waals surface area contributed by atoms with E-state index in [1.807, 2.05) is 36.7 Å². The Bertz CT molecular complexity index is 893. The number of hydrogen-bond donors (Lipinski definition) is 0. The van der Waals surface area contributed by atoms with E-state index in [1.165, 1.54) is 0 Å². The van der Waals surface area contributed by atoms with Gasteiger partial charge in [-0.25, -0.2) is 9.50 Å². The fourth-order valence-electron chi connectivity index (χ4n) is 2.02. The van der Waals surface area contributed by atoms with Crippen molar-refractivity contribution in [1.82, 2.24) is 14.6 Å². The standard InChI is InChI=1S/C13H8BrN3OS2/c1-19-13-16-17-6-9(15-12(17)20-13)11-5-7-4-8(14)2-3-10(7)18-11/h2-6H,1H3. The topological polar surface area (TPSA) is 43.3 Å². The van der Waals surface area contributed by atoms with E-state index in [1.54, 1.807) is 27.6 Å². The molecule has 0 amide bonds. The first kappa shape index (κ1) is 12.4. The van der Waals surface area contributed by atoms with Crippen LogP contribution in [0, 0.1) is 0 Å². The van der Waals surface area contributed by atoms with Crippen molar-refractivity contribution in [2.75, 3.05) is 6.26 Å². The molecule has 3 heterocycles. The molecule has 3 aromatic heterocycles. The molecule has 1 aromatic carbocycles. The molecule has 0 atom stereocenters. The Balaban J connectivity index is 1.84. The summed E-state index contributed by atoms with van der Waals surface area (Å²) in [7, 11) is 0. The summed E-state index contributed by atoms with van der Waals surface area (Å²) in [5.41, 5.74) is 1.67. The molecule has 0 saturated heterocycles. The fraction of sp³-hybridized carbons (Fsp3) is 0.0769. The van der Waals surface area contributed by atoms with E-state index >= 15 is 0 Å². The van der Waals surface area contributed by atoms with Gasteiger partial charge in [-0.2, -0.15) is 0 Å². The molecule has 0 bridgehead atoms. The molecule has 0 aliphatic carbocycles. The lowest BCUT2D eigenvalue weighted by Crippen LogP contribution is -1.79. The van der Waals surface area contributed by atoms with Gasteiger partial charge in [-0.3, -0.25) is 0 Å². The van der Waals surface area contributed by atoms with E-state index in [2.05, 4.69) is 26.0 Å². The summed E-state index contributed by atoms with van der Waals surface area (Å²) in [4.78, 5) is 5.45. The van der Waals surface area contributed by atoms with Crippen LogP contribution in [0.25, 0.3) is 27.4 Å². The SMILES string of the molecule is CSc1nn2cc(-c3cc4cc(Br)ccc4o3)nc2s1. The number of thioether (sulfide) groups is 1. The minimum Gasteiger partial charge on any atom is -0.454 e. The van der Waals surface area contributed by atoms with E-state index in [-0.39, 0.29) is 0 Å². The fourth-order valence-corrected chi connectivity index (χ4v) is 3.74. The molecule has 0 N–H and O–H groups in total. The molecule has 0 aliphatic rings. The van der Waals surface area contributed by atoms with Crippen molar-refractivity contribution >= 4 is 55.0 Å². The quantitative estimate of drug-likeness (QED) is 0.483. The first-order valence-electron chi connectivity index (χ1n) is 5.82. The highest BCUT2D eigenvalue weighted by atomic mass is 79.9. The highest BCUT2D eigenvalue weighted by Crippen LogP contribution is 2.31. The number of halogens is 1. The van der Waals surface area contributed by atoms with Crippen molar-refractivity contribution in [2.24, 2.45) is 0 Å². The molecule has 4 nitrogen and oxygen atoms in total. The normalized spacial score (nSPS) is 11.7. The van der Waals surface area contributed by atoms with E-state index < -0.39 is 0 Å². The van der Waals surface area contributed by atoms with Gasteiger partial charge in [-0.1, -0.05) is 39.0 Å². The number of benzene rings is 1. The second-order valence-electron chi connectivity index (χ2n) is 4.22. The van der Waals surface area contributed by atoms with Crippen LogP contribution < -0.4 is 0 Å². The zero-order chi connectivity index (χ0) is 13.7. The monoisotopic (exact) mass is 365 g/mol. The molecular formula is C13H8BrN3OS2. The molecular weight excluding hydrogens is 358 g/mol. The van der Waals surface area contributed by atoms with Gasteiger partial charge in [0, 0.05) is 9.86 Å². The maximum absolute atomic E-state index is 5.84. The summed E-state index contributed by atoms with van der Waals surface area (Å²) >= 11 is 6.66. The molecule has 7 heteroatoms. The Morgan fingerprint density at radius 2 is 2.25 bits per heavy atom. The summed E-state index contributed by atoms with van der Waals surface area (Å²) in [6.07, 6.45) is 3.91. The van der Waals surface area contributed by atoms with Crippen LogP contribution in [-0.2, 0) is 0 Å². The number of furan rings is 1. The van der Waals surface area contributed by atoms with Gasteiger partial charge in [0.25, 0.3) is 0 Å². The predicted molar refractivity (Wildman–Crippen MR) is 85.6 cm³/mol. The van der Waals surface area contributed by atoms with Crippen molar-refractivity contribution in [3.8, 4) is 11.5 Å². The van der Waals surface area contributed by atoms with Crippen molar-refractivity contribution in [3.05, 3.63) is 34.9 Å². The molecule has 0 aliphatic heterocycles. The number of fused-ring (bicyclic) bond motifs is 2. The maximum atomic E-state index is 5.84. The van der Waals surface area contributed by atoms with E-state index in [0.29, 0.717) is 0 Å². The molecule has 0 unspecified atom stereocenters. The average Bonchev–Trinajstić information content (AvgIpc) is 3.08. The molecule has 0 saturated carbocycles. The van der Waals surface area contributed by atoms with Crippen LogP contribution in [-0.4, -0.2) is 20.9 Å². The lowest BCUT2D eigenvalue weighted by atomic mass is 10.2. The Hall–Kier alpha value is -1.31. The number of imidazole rings is 1. The van der Waals surface area contributed by atoms with Crippen molar-refractivity contribution in [3.63, 3.8) is 0 Å². The van der Waals surface area contributed by atoms with Gasteiger partial charge in [0.2, 0.25) is 4.96 Å². The second-order valence-corrected chi connectivity index (χ2v) is 7.14. The first-order chi connectivity index (χ1) is 9.72. The van der Waals surface area contributed by atoms with Gasteiger partial charge in [0.1, 0.15) is 11.3 Å². The highest BCUT2D eigenvalue weighted by Gasteiger charge is 2.13. The number of aromatic nitrogens is 3. The first-order valence-corrected chi connectivity index (χ1v) is 8.66. The Kier molecular flexibility index (Phi) is 2.87. The van der Waals surface area contributed by atoms with Crippen LogP contribution in [0.2, 0.25) is 0 Å². The lowest BCUT2D eigenvalue weighted by Gasteiger charge is -1.88. The highest BCUT2D eigenvalue weighted by molar-refractivity contribution is 9.10. The van der Waals surface area contributed by atoms with Gasteiger partial charge in [-0.05, 0) is 30.5 Å².